The van der Waals surface area contributed by atoms with E-state index in [4.69, 9.17) is 9.73 Å². The number of hydrogen-bond acceptors (Lipinski definition) is 6. The number of halogens is 1. The van der Waals surface area contributed by atoms with E-state index in [2.05, 4.69) is 40.8 Å². The Morgan fingerprint density at radius 2 is 1.94 bits per heavy atom. The van der Waals surface area contributed by atoms with Gasteiger partial charge in [-0.05, 0) is 30.9 Å². The first-order valence-corrected chi connectivity index (χ1v) is 10.9. The van der Waals surface area contributed by atoms with E-state index in [0.717, 1.165) is 44.4 Å². The minimum absolute atomic E-state index is 0. The number of morpholine rings is 1. The summed E-state index contributed by atoms with van der Waals surface area (Å²) in [6.45, 7) is 9.69. The van der Waals surface area contributed by atoms with Crippen molar-refractivity contribution in [3.8, 4) is 0 Å². The number of hydrogen-bond donors (Lipinski definition) is 2. The van der Waals surface area contributed by atoms with Gasteiger partial charge in [-0.25, -0.2) is 4.99 Å². The van der Waals surface area contributed by atoms with Crippen molar-refractivity contribution in [2.45, 2.75) is 32.5 Å². The summed E-state index contributed by atoms with van der Waals surface area (Å²) < 4.78 is 5.47. The number of ether oxygens (including phenoxy) is 1. The SMILES string of the molecule is CC(C)(CNC(=NCc1ccc([N+](=O)[O-])cc1)NCc1cccs1)N1CCOCC1.I. The Bertz CT molecular complexity index is 837. The van der Waals surface area contributed by atoms with Gasteiger partial charge in [-0.15, -0.1) is 35.3 Å². The Morgan fingerprint density at radius 3 is 2.55 bits per heavy atom. The van der Waals surface area contributed by atoms with Crippen molar-refractivity contribution in [2.75, 3.05) is 32.8 Å². The van der Waals surface area contributed by atoms with Crippen molar-refractivity contribution in [1.29, 1.82) is 0 Å². The van der Waals surface area contributed by atoms with Crippen LogP contribution in [-0.2, 0) is 17.8 Å². The number of thiophene rings is 1. The third-order valence-electron chi connectivity index (χ3n) is 5.13. The van der Waals surface area contributed by atoms with Crippen LogP contribution in [-0.4, -0.2) is 54.2 Å². The van der Waals surface area contributed by atoms with Gasteiger partial charge in [0.2, 0.25) is 0 Å². The average molecular weight is 559 g/mol. The zero-order valence-corrected chi connectivity index (χ0v) is 21.0. The van der Waals surface area contributed by atoms with Gasteiger partial charge in [-0.1, -0.05) is 18.2 Å². The fourth-order valence-electron chi connectivity index (χ4n) is 3.23. The predicted molar refractivity (Wildman–Crippen MR) is 135 cm³/mol. The van der Waals surface area contributed by atoms with Crippen molar-refractivity contribution in [2.24, 2.45) is 4.99 Å². The van der Waals surface area contributed by atoms with Gasteiger partial charge in [0.25, 0.3) is 5.69 Å². The van der Waals surface area contributed by atoms with Gasteiger partial charge >= 0.3 is 0 Å². The van der Waals surface area contributed by atoms with E-state index in [-0.39, 0.29) is 35.2 Å². The third kappa shape index (κ3) is 8.02. The fraction of sp³-hybridized carbons (Fsp3) is 0.476. The molecule has 1 fully saturated rings. The molecule has 0 radical (unpaired) electrons. The van der Waals surface area contributed by atoms with E-state index in [0.29, 0.717) is 13.1 Å². The maximum Gasteiger partial charge on any atom is 0.269 e. The van der Waals surface area contributed by atoms with Crippen LogP contribution in [0.25, 0.3) is 0 Å². The number of nitro groups is 1. The van der Waals surface area contributed by atoms with Crippen LogP contribution in [0.3, 0.4) is 0 Å². The number of guanidine groups is 1. The van der Waals surface area contributed by atoms with Crippen molar-refractivity contribution >= 4 is 47.0 Å². The summed E-state index contributed by atoms with van der Waals surface area (Å²) in [5.41, 5.74) is 0.970. The second-order valence-corrected chi connectivity index (χ2v) is 8.82. The van der Waals surface area contributed by atoms with Crippen molar-refractivity contribution in [3.63, 3.8) is 0 Å². The molecule has 10 heteroatoms. The molecule has 0 unspecified atom stereocenters. The van der Waals surface area contributed by atoms with Crippen molar-refractivity contribution < 1.29 is 9.66 Å². The molecule has 0 aliphatic carbocycles. The van der Waals surface area contributed by atoms with Crippen molar-refractivity contribution in [1.82, 2.24) is 15.5 Å². The highest BCUT2D eigenvalue weighted by Gasteiger charge is 2.28. The number of benzene rings is 1. The monoisotopic (exact) mass is 559 g/mol. The lowest BCUT2D eigenvalue weighted by molar-refractivity contribution is -0.384. The van der Waals surface area contributed by atoms with Crippen LogP contribution >= 0.6 is 35.3 Å². The van der Waals surface area contributed by atoms with E-state index in [1.807, 2.05) is 6.07 Å². The minimum atomic E-state index is -0.393. The quantitative estimate of drug-likeness (QED) is 0.169. The van der Waals surface area contributed by atoms with Crippen molar-refractivity contribution in [3.05, 3.63) is 62.3 Å². The number of nitrogens with one attached hydrogen (secondary N) is 2. The van der Waals surface area contributed by atoms with E-state index >= 15 is 0 Å². The van der Waals surface area contributed by atoms with Crippen LogP contribution in [0.1, 0.15) is 24.3 Å². The molecule has 8 nitrogen and oxygen atoms in total. The second-order valence-electron chi connectivity index (χ2n) is 7.79. The molecule has 170 valence electrons. The lowest BCUT2D eigenvalue weighted by Crippen LogP contribution is -2.56. The Hall–Kier alpha value is -1.76. The maximum atomic E-state index is 10.8. The summed E-state index contributed by atoms with van der Waals surface area (Å²) in [5.74, 6) is 0.725. The number of nitro benzene ring substituents is 1. The topological polar surface area (TPSA) is 92.0 Å². The van der Waals surface area contributed by atoms with Crippen LogP contribution in [0.2, 0.25) is 0 Å². The molecule has 3 rings (SSSR count). The molecule has 0 bridgehead atoms. The average Bonchev–Trinajstić information content (AvgIpc) is 3.28. The molecule has 1 saturated heterocycles. The van der Waals surface area contributed by atoms with Gasteiger partial charge in [0.05, 0.1) is 31.2 Å². The highest BCUT2D eigenvalue weighted by molar-refractivity contribution is 14.0. The van der Waals surface area contributed by atoms with Gasteiger partial charge in [-0.3, -0.25) is 15.0 Å². The summed E-state index contributed by atoms with van der Waals surface area (Å²) in [4.78, 5) is 18.8. The molecule has 1 aliphatic rings. The van der Waals surface area contributed by atoms with E-state index in [9.17, 15) is 10.1 Å². The summed E-state index contributed by atoms with van der Waals surface area (Å²) >= 11 is 1.70. The van der Waals surface area contributed by atoms with Gasteiger partial charge in [0.1, 0.15) is 0 Å². The van der Waals surface area contributed by atoms with E-state index in [1.165, 1.54) is 17.0 Å². The number of rotatable bonds is 8. The van der Waals surface area contributed by atoms with Crippen LogP contribution in [0.15, 0.2) is 46.8 Å². The van der Waals surface area contributed by atoms with E-state index < -0.39 is 4.92 Å². The largest absolute Gasteiger partial charge is 0.379 e. The second kappa shape index (κ2) is 12.3. The standard InChI is InChI=1S/C21H29N5O3S.HI/c1-21(2,25-9-11-29-12-10-25)16-24-20(23-15-19-4-3-13-30-19)22-14-17-5-7-18(8-6-17)26(27)28;/h3-8,13H,9-12,14-16H2,1-2H3,(H2,22,23,24);1H. The number of nitrogens with zero attached hydrogens (tertiary/aromatic N) is 3. The first-order chi connectivity index (χ1) is 14.4. The lowest BCUT2D eigenvalue weighted by Gasteiger charge is -2.41. The van der Waals surface area contributed by atoms with Crippen LogP contribution in [0, 0.1) is 10.1 Å². The number of aliphatic imine (C=N–C) groups is 1. The first kappa shape index (κ1) is 25.5. The molecule has 1 aromatic heterocycles. The summed E-state index contributed by atoms with van der Waals surface area (Å²) in [5, 5.41) is 19.8. The van der Waals surface area contributed by atoms with Gasteiger partial charge in [-0.2, -0.15) is 0 Å². The molecule has 1 aliphatic heterocycles. The molecule has 2 heterocycles. The third-order valence-corrected chi connectivity index (χ3v) is 6.01. The summed E-state index contributed by atoms with van der Waals surface area (Å²) in [7, 11) is 0. The molecule has 31 heavy (non-hydrogen) atoms. The molecule has 2 N–H and O–H groups in total. The highest BCUT2D eigenvalue weighted by Crippen LogP contribution is 2.16. The molecule has 0 spiro atoms. The maximum absolute atomic E-state index is 10.8. The van der Waals surface area contributed by atoms with E-state index in [1.54, 1.807) is 23.5 Å². The van der Waals surface area contributed by atoms with Crippen LogP contribution in [0.5, 0.6) is 0 Å². The molecule has 0 atom stereocenters. The fourth-order valence-corrected chi connectivity index (χ4v) is 3.88. The first-order valence-electron chi connectivity index (χ1n) is 10.0. The highest BCUT2D eigenvalue weighted by atomic mass is 127. The Labute approximate surface area is 204 Å². The molecule has 2 aromatic rings. The zero-order chi connectivity index (χ0) is 21.4. The predicted octanol–water partition coefficient (Wildman–Crippen LogP) is 3.62. The van der Waals surface area contributed by atoms with Gasteiger partial charge in [0, 0.05) is 42.2 Å². The minimum Gasteiger partial charge on any atom is -0.379 e. The summed E-state index contributed by atoms with van der Waals surface area (Å²) in [6, 6.07) is 10.6. The molecule has 0 amide bonds. The Morgan fingerprint density at radius 1 is 1.23 bits per heavy atom. The molecule has 1 aromatic carbocycles. The zero-order valence-electron chi connectivity index (χ0n) is 17.9. The smallest absolute Gasteiger partial charge is 0.269 e. The molecular weight excluding hydrogens is 529 g/mol. The van der Waals surface area contributed by atoms with Gasteiger partial charge < -0.3 is 15.4 Å². The molecular formula is C21H30IN5O3S. The number of non-ortho nitro benzene ring substituents is 1. The Kier molecular flexibility index (Phi) is 10.1. The van der Waals surface area contributed by atoms with Crippen LogP contribution < -0.4 is 10.6 Å². The normalized spacial score (nSPS) is 15.2. The molecule has 0 saturated carbocycles. The lowest BCUT2D eigenvalue weighted by atomic mass is 10.0. The summed E-state index contributed by atoms with van der Waals surface area (Å²) in [6.07, 6.45) is 0. The van der Waals surface area contributed by atoms with Crippen LogP contribution in [0.4, 0.5) is 5.69 Å². The van der Waals surface area contributed by atoms with Gasteiger partial charge in [0.15, 0.2) is 5.96 Å². The Balaban J connectivity index is 0.00000341.